The molecule has 16 nitrogen and oxygen atoms in total. The second-order valence-corrected chi connectivity index (χ2v) is 16.0. The van der Waals surface area contributed by atoms with Crippen molar-refractivity contribution < 1.29 is 56.7 Å². The van der Waals surface area contributed by atoms with E-state index in [1.54, 1.807) is 0 Å². The smallest absolute Gasteiger partial charge is 0.0628 e. The molecule has 9 fully saturated rings. The van der Waals surface area contributed by atoms with E-state index in [4.69, 9.17) is 39.6 Å². The van der Waals surface area contributed by atoms with Crippen molar-refractivity contribution in [2.24, 2.45) is 47.3 Å². The van der Waals surface area contributed by atoms with Gasteiger partial charge in [-0.15, -0.1) is 0 Å². The van der Waals surface area contributed by atoms with E-state index < -0.39 is 0 Å². The fourth-order valence-corrected chi connectivity index (χ4v) is 12.0. The van der Waals surface area contributed by atoms with Gasteiger partial charge in [-0.05, 0) is 98.7 Å². The maximum absolute atomic E-state index is 8.24. The van der Waals surface area contributed by atoms with Crippen LogP contribution in [-0.2, 0) is 36.2 Å². The van der Waals surface area contributed by atoms with Crippen molar-refractivity contribution in [2.75, 3.05) is 0 Å². The van der Waals surface area contributed by atoms with Crippen LogP contribution < -0.4 is 42.5 Å². The second kappa shape index (κ2) is 22.0. The number of nitrogens with one attached hydrogen (secondary N) is 8. The molecular weight excluding hydrogens is 736 g/mol. The SMILES string of the molecule is C1CCC2C3NC(NC4NC(NC5NC(NC6NC(N3)C3CCCCC63)C3CCCCC53)C3CCCCC43)C2C1.O=[C-]O.O=[C-]O.O=[C-]O.O=[C-]O.[Cu]. The number of hydrogen-bond acceptors (Lipinski definition) is 12. The van der Waals surface area contributed by atoms with E-state index in [0.717, 1.165) is 47.3 Å². The van der Waals surface area contributed by atoms with E-state index in [-0.39, 0.29) is 17.1 Å². The van der Waals surface area contributed by atoms with Crippen LogP contribution in [0.2, 0.25) is 0 Å². The van der Waals surface area contributed by atoms with Gasteiger partial charge in [-0.1, -0.05) is 77.3 Å². The Morgan fingerprint density at radius 2 is 0.377 bits per heavy atom. The molecule has 1 radical (unpaired) electrons. The number of rotatable bonds is 0. The van der Waals surface area contributed by atoms with Gasteiger partial charge in [-0.25, -0.2) is 0 Å². The van der Waals surface area contributed by atoms with Crippen LogP contribution in [0.3, 0.4) is 0 Å². The van der Waals surface area contributed by atoms with Crippen LogP contribution in [-0.4, -0.2) is 95.6 Å². The molecule has 0 aromatic carbocycles. The monoisotopic (exact) mass is 795 g/mol. The zero-order chi connectivity index (χ0) is 37.0. The molecule has 9 rings (SSSR count). The van der Waals surface area contributed by atoms with Gasteiger partial charge in [0.2, 0.25) is 0 Å². The van der Waals surface area contributed by atoms with E-state index in [1.165, 1.54) is 103 Å². The molecule has 17 heteroatoms. The normalized spacial score (nSPS) is 44.4. The molecule has 53 heavy (non-hydrogen) atoms. The molecule has 8 unspecified atom stereocenters. The predicted molar refractivity (Wildman–Crippen MR) is 190 cm³/mol. The fourth-order valence-electron chi connectivity index (χ4n) is 12.0. The fraction of sp³-hybridized carbons (Fsp3) is 0.889. The van der Waals surface area contributed by atoms with Crippen molar-refractivity contribution in [3.05, 3.63) is 0 Å². The van der Waals surface area contributed by atoms with Gasteiger partial charge in [0.15, 0.2) is 0 Å². The Labute approximate surface area is 323 Å². The van der Waals surface area contributed by atoms with Gasteiger partial charge in [0.25, 0.3) is 0 Å². The molecule has 5 aliphatic heterocycles. The standard InChI is InChI=1S/C32H56N8.4CHO2.Cu/c1-2-10-18-17(9-1)25-33-26(18)38-28-21-13-5-6-14-22(21)30(35-28)40-32-24-16-8-7-15-23(24)31(36-32)39-29-20-12-4-3-11-19(20)27(34-29)37-25;4*2-1-3;/h17-40H,1-16H2;4*(H,2,3);/q;4*-1;. The summed E-state index contributed by atoms with van der Waals surface area (Å²) in [6.45, 7) is 2.00. The zero-order valence-corrected chi connectivity index (χ0v) is 31.2. The van der Waals surface area contributed by atoms with Crippen molar-refractivity contribution in [3.63, 3.8) is 0 Å². The largest absolute Gasteiger partial charge is 0.665 e. The Balaban J connectivity index is 0.000000431. The van der Waals surface area contributed by atoms with Crippen molar-refractivity contribution in [1.29, 1.82) is 0 Å². The van der Waals surface area contributed by atoms with E-state index in [2.05, 4.69) is 42.5 Å². The van der Waals surface area contributed by atoms with Crippen LogP contribution >= 0.6 is 0 Å². The van der Waals surface area contributed by atoms with Crippen molar-refractivity contribution in [3.8, 4) is 0 Å². The van der Waals surface area contributed by atoms with Gasteiger partial charge in [0.05, 0.1) is 49.3 Å². The first-order valence-electron chi connectivity index (χ1n) is 19.6. The summed E-state index contributed by atoms with van der Waals surface area (Å²) < 4.78 is 0. The third-order valence-corrected chi connectivity index (χ3v) is 13.8. The Bertz CT molecular complexity index is 903. The van der Waals surface area contributed by atoms with E-state index >= 15 is 0 Å². The quantitative estimate of drug-likeness (QED) is 0.121. The molecule has 12 N–H and O–H groups in total. The number of hydrogen-bond donors (Lipinski definition) is 12. The molecule has 8 bridgehead atoms. The average Bonchev–Trinajstić information content (AvgIpc) is 3.89. The topological polar surface area (TPSA) is 245 Å². The molecule has 0 aromatic heterocycles. The van der Waals surface area contributed by atoms with Crippen molar-refractivity contribution in [1.82, 2.24) is 42.5 Å². The molecule has 0 aromatic rings. The summed E-state index contributed by atoms with van der Waals surface area (Å²) >= 11 is 0. The minimum absolute atomic E-state index is 0. The van der Waals surface area contributed by atoms with Gasteiger partial charge < -0.3 is 39.6 Å². The molecule has 8 atom stereocenters. The molecule has 5 heterocycles. The van der Waals surface area contributed by atoms with Crippen LogP contribution in [0.1, 0.15) is 103 Å². The first kappa shape index (κ1) is 43.8. The van der Waals surface area contributed by atoms with E-state index in [0.29, 0.717) is 75.2 Å². The van der Waals surface area contributed by atoms with Crippen LogP contribution in [0.25, 0.3) is 0 Å². The van der Waals surface area contributed by atoms with Crippen molar-refractivity contribution >= 4 is 25.9 Å². The van der Waals surface area contributed by atoms with Crippen molar-refractivity contribution in [2.45, 2.75) is 152 Å². The van der Waals surface area contributed by atoms with Gasteiger partial charge in [-0.2, -0.15) is 0 Å². The third kappa shape index (κ3) is 10.3. The second-order valence-electron chi connectivity index (χ2n) is 16.0. The maximum Gasteiger partial charge on any atom is 0.0628 e. The summed E-state index contributed by atoms with van der Waals surface area (Å²) in [6, 6.07) is 0. The number of aliphatic hydroxyl groups excluding tert-OH is 4. The Hall–Kier alpha value is -1.92. The zero-order valence-electron chi connectivity index (χ0n) is 30.3. The van der Waals surface area contributed by atoms with Crippen LogP contribution in [0.5, 0.6) is 0 Å². The Morgan fingerprint density at radius 1 is 0.283 bits per heavy atom. The molecular formula is C36H60CuN8O8-4. The molecule has 0 spiro atoms. The first-order valence-corrected chi connectivity index (χ1v) is 19.6. The van der Waals surface area contributed by atoms with Gasteiger partial charge in [-0.3, -0.25) is 42.5 Å². The summed E-state index contributed by atoms with van der Waals surface area (Å²) in [5, 5.41) is 60.8. The average molecular weight is 796 g/mol. The molecule has 307 valence electrons. The molecule has 9 aliphatic rings. The maximum atomic E-state index is 8.24. The predicted octanol–water partition coefficient (Wildman–Crippen LogP) is 1.05. The van der Waals surface area contributed by atoms with Gasteiger partial charge in [0.1, 0.15) is 0 Å². The Morgan fingerprint density at radius 3 is 0.472 bits per heavy atom. The molecule has 0 amide bonds. The van der Waals surface area contributed by atoms with E-state index in [9.17, 15) is 0 Å². The first-order chi connectivity index (χ1) is 25.5. The number of fused-ring (bicyclic) bond motifs is 20. The Kier molecular flexibility index (Phi) is 18.2. The van der Waals surface area contributed by atoms with Crippen LogP contribution in [0.15, 0.2) is 0 Å². The summed E-state index contributed by atoms with van der Waals surface area (Å²) in [7, 11) is 0. The summed E-state index contributed by atoms with van der Waals surface area (Å²) in [4.78, 5) is 32.9. The molecule has 5 saturated heterocycles. The summed E-state index contributed by atoms with van der Waals surface area (Å²) in [5.41, 5.74) is 0. The van der Waals surface area contributed by atoms with E-state index in [1.807, 2.05) is 0 Å². The van der Waals surface area contributed by atoms with Gasteiger partial charge in [0, 0.05) is 17.1 Å². The summed E-state index contributed by atoms with van der Waals surface area (Å²) in [5.74, 6) is 5.97. The van der Waals surface area contributed by atoms with Gasteiger partial charge >= 0.3 is 0 Å². The minimum atomic E-state index is 0. The minimum Gasteiger partial charge on any atom is -0.665 e. The van der Waals surface area contributed by atoms with Crippen LogP contribution in [0.4, 0.5) is 0 Å². The molecule has 4 saturated carbocycles. The molecule has 4 aliphatic carbocycles. The third-order valence-electron chi connectivity index (χ3n) is 13.8. The van der Waals surface area contributed by atoms with Crippen LogP contribution in [0, 0.1) is 47.3 Å². The summed E-state index contributed by atoms with van der Waals surface area (Å²) in [6.07, 6.45) is 25.6.